The first-order chi connectivity index (χ1) is 10.8. The molecule has 22 heavy (non-hydrogen) atoms. The van der Waals surface area contributed by atoms with Crippen LogP contribution in [-0.2, 0) is 4.79 Å². The second-order valence-corrected chi connectivity index (χ2v) is 7.56. The first kappa shape index (κ1) is 13.9. The van der Waals surface area contributed by atoms with Gasteiger partial charge in [0.15, 0.2) is 0 Å². The molecule has 2 heterocycles. The second-order valence-electron chi connectivity index (χ2n) is 5.34. The van der Waals surface area contributed by atoms with Gasteiger partial charge in [-0.05, 0) is 24.5 Å². The van der Waals surface area contributed by atoms with Crippen LogP contribution in [0.1, 0.15) is 19.3 Å². The number of ketones is 1. The Balaban J connectivity index is 1.73. The molecule has 0 spiro atoms. The second kappa shape index (κ2) is 5.82. The summed E-state index contributed by atoms with van der Waals surface area (Å²) < 4.78 is 0. The van der Waals surface area contributed by atoms with Gasteiger partial charge in [0.2, 0.25) is 0 Å². The Bertz CT molecular complexity index is 829. The Morgan fingerprint density at radius 2 is 2.05 bits per heavy atom. The van der Waals surface area contributed by atoms with Crippen LogP contribution in [-0.4, -0.2) is 21.0 Å². The van der Waals surface area contributed by atoms with E-state index in [1.54, 1.807) is 29.4 Å². The Morgan fingerprint density at radius 1 is 1.18 bits per heavy atom. The van der Waals surface area contributed by atoms with Crippen LogP contribution in [0.3, 0.4) is 0 Å². The van der Waals surface area contributed by atoms with E-state index < -0.39 is 0 Å². The van der Waals surface area contributed by atoms with Crippen molar-refractivity contribution in [3.8, 4) is 10.4 Å². The first-order valence-electron chi connectivity index (χ1n) is 7.30. The summed E-state index contributed by atoms with van der Waals surface area (Å²) in [7, 11) is 0. The fourth-order valence-electron chi connectivity index (χ4n) is 2.72. The minimum Gasteiger partial charge on any atom is -0.298 e. The number of aromatic nitrogens is 2. The number of benzene rings is 1. The number of hydrogen-bond acceptors (Lipinski definition) is 5. The molecule has 0 radical (unpaired) electrons. The van der Waals surface area contributed by atoms with Gasteiger partial charge >= 0.3 is 0 Å². The molecule has 4 rings (SSSR count). The number of fused-ring (bicyclic) bond motifs is 1. The lowest BCUT2D eigenvalue weighted by molar-refractivity contribution is -0.116. The molecule has 1 aliphatic carbocycles. The third kappa shape index (κ3) is 2.55. The Kier molecular flexibility index (Phi) is 3.68. The van der Waals surface area contributed by atoms with Crippen LogP contribution >= 0.6 is 23.1 Å². The molecule has 1 aromatic carbocycles. The predicted octanol–water partition coefficient (Wildman–Crippen LogP) is 4.57. The summed E-state index contributed by atoms with van der Waals surface area (Å²) in [4.78, 5) is 22.9. The molecular weight excluding hydrogens is 312 g/mol. The fraction of sp³-hybridized carbons (Fsp3) is 0.235. The lowest BCUT2D eigenvalue weighted by atomic mass is 10.2. The number of thioether (sulfide) groups is 1. The average Bonchev–Trinajstić information content (AvgIpc) is 3.16. The van der Waals surface area contributed by atoms with E-state index in [-0.39, 0.29) is 5.25 Å². The highest BCUT2D eigenvalue weighted by molar-refractivity contribution is 8.00. The highest BCUT2D eigenvalue weighted by Gasteiger charge is 2.26. The zero-order chi connectivity index (χ0) is 14.9. The zero-order valence-corrected chi connectivity index (χ0v) is 13.5. The van der Waals surface area contributed by atoms with Crippen LogP contribution in [0, 0.1) is 0 Å². The van der Waals surface area contributed by atoms with Gasteiger partial charge in [-0.2, -0.15) is 0 Å². The topological polar surface area (TPSA) is 42.9 Å². The van der Waals surface area contributed by atoms with Crippen LogP contribution in [0.4, 0.5) is 0 Å². The summed E-state index contributed by atoms with van der Waals surface area (Å²) in [5.74, 6) is 0.357. The summed E-state index contributed by atoms with van der Waals surface area (Å²) in [5, 5.41) is 2.07. The van der Waals surface area contributed by atoms with E-state index in [1.807, 2.05) is 18.2 Å². The SMILES string of the molecule is O=C1CCC[C@@H]1Sc1ncnc2sc(-c3ccccc3)cc12. The van der Waals surface area contributed by atoms with Gasteiger partial charge in [-0.15, -0.1) is 11.3 Å². The molecule has 1 aliphatic rings. The molecule has 0 bridgehead atoms. The number of carbonyl (C=O) groups is 1. The van der Waals surface area contributed by atoms with Crippen molar-refractivity contribution in [3.05, 3.63) is 42.7 Å². The van der Waals surface area contributed by atoms with Gasteiger partial charge in [-0.3, -0.25) is 4.79 Å². The van der Waals surface area contributed by atoms with Gasteiger partial charge in [-0.25, -0.2) is 9.97 Å². The maximum Gasteiger partial charge on any atom is 0.146 e. The molecule has 3 aromatic rings. The van der Waals surface area contributed by atoms with E-state index in [1.165, 1.54) is 10.4 Å². The number of thiophene rings is 1. The molecule has 3 nitrogen and oxygen atoms in total. The van der Waals surface area contributed by atoms with E-state index >= 15 is 0 Å². The largest absolute Gasteiger partial charge is 0.298 e. The number of carbonyl (C=O) groups excluding carboxylic acids is 1. The van der Waals surface area contributed by atoms with Gasteiger partial charge in [0.25, 0.3) is 0 Å². The van der Waals surface area contributed by atoms with E-state index in [0.717, 1.165) is 28.1 Å². The van der Waals surface area contributed by atoms with Crippen molar-refractivity contribution in [2.45, 2.75) is 29.5 Å². The van der Waals surface area contributed by atoms with Crippen LogP contribution in [0.25, 0.3) is 20.7 Å². The summed E-state index contributed by atoms with van der Waals surface area (Å²) in [6.45, 7) is 0. The molecule has 0 unspecified atom stereocenters. The highest BCUT2D eigenvalue weighted by Crippen LogP contribution is 2.39. The van der Waals surface area contributed by atoms with Gasteiger partial charge in [0.1, 0.15) is 22.0 Å². The lowest BCUT2D eigenvalue weighted by Gasteiger charge is -2.06. The van der Waals surface area contributed by atoms with Crippen molar-refractivity contribution >= 4 is 39.1 Å². The number of Topliss-reactive ketones (excluding diaryl/α,β-unsaturated/α-hetero) is 1. The van der Waals surface area contributed by atoms with Gasteiger partial charge in [0, 0.05) is 16.7 Å². The minimum atomic E-state index is 0.0678. The quantitative estimate of drug-likeness (QED) is 0.661. The summed E-state index contributed by atoms with van der Waals surface area (Å²) in [6.07, 6.45) is 4.29. The average molecular weight is 326 g/mol. The Morgan fingerprint density at radius 3 is 2.82 bits per heavy atom. The Labute approximate surface area is 136 Å². The van der Waals surface area contributed by atoms with Gasteiger partial charge in [0.05, 0.1) is 5.25 Å². The maximum absolute atomic E-state index is 11.9. The van der Waals surface area contributed by atoms with E-state index in [9.17, 15) is 4.79 Å². The number of hydrogen-bond donors (Lipinski definition) is 0. The number of nitrogens with zero attached hydrogens (tertiary/aromatic N) is 2. The molecule has 1 fully saturated rings. The van der Waals surface area contributed by atoms with Crippen LogP contribution in [0.15, 0.2) is 47.8 Å². The van der Waals surface area contributed by atoms with Crippen molar-refractivity contribution in [2.24, 2.45) is 0 Å². The monoisotopic (exact) mass is 326 g/mol. The molecule has 5 heteroatoms. The smallest absolute Gasteiger partial charge is 0.146 e. The van der Waals surface area contributed by atoms with Crippen molar-refractivity contribution in [2.75, 3.05) is 0 Å². The molecule has 0 aliphatic heterocycles. The van der Waals surface area contributed by atoms with Crippen molar-refractivity contribution in [1.29, 1.82) is 0 Å². The maximum atomic E-state index is 11.9. The van der Waals surface area contributed by atoms with E-state index in [0.29, 0.717) is 12.2 Å². The first-order valence-corrected chi connectivity index (χ1v) is 9.00. The van der Waals surface area contributed by atoms with Crippen LogP contribution < -0.4 is 0 Å². The summed E-state index contributed by atoms with van der Waals surface area (Å²) in [6, 6.07) is 12.5. The van der Waals surface area contributed by atoms with E-state index in [2.05, 4.69) is 28.2 Å². The Hall–Kier alpha value is -1.72. The molecule has 0 saturated heterocycles. The molecule has 0 amide bonds. The summed E-state index contributed by atoms with van der Waals surface area (Å²) in [5.41, 5.74) is 1.19. The van der Waals surface area contributed by atoms with Crippen LogP contribution in [0.2, 0.25) is 0 Å². The molecular formula is C17H14N2OS2. The highest BCUT2D eigenvalue weighted by atomic mass is 32.2. The fourth-order valence-corrected chi connectivity index (χ4v) is 4.98. The number of rotatable bonds is 3. The van der Waals surface area contributed by atoms with Crippen molar-refractivity contribution in [3.63, 3.8) is 0 Å². The zero-order valence-electron chi connectivity index (χ0n) is 11.9. The molecule has 1 saturated carbocycles. The van der Waals surface area contributed by atoms with Gasteiger partial charge in [-0.1, -0.05) is 42.1 Å². The van der Waals surface area contributed by atoms with Crippen molar-refractivity contribution < 1.29 is 4.79 Å². The summed E-state index contributed by atoms with van der Waals surface area (Å²) >= 11 is 3.28. The van der Waals surface area contributed by atoms with Gasteiger partial charge < -0.3 is 0 Å². The molecule has 1 atom stereocenters. The lowest BCUT2D eigenvalue weighted by Crippen LogP contribution is -2.08. The van der Waals surface area contributed by atoms with Crippen LogP contribution in [0.5, 0.6) is 0 Å². The van der Waals surface area contributed by atoms with E-state index in [4.69, 9.17) is 0 Å². The molecule has 0 N–H and O–H groups in total. The standard InChI is InChI=1S/C17H14N2OS2/c20-13-7-4-8-14(13)21-16-12-9-15(11-5-2-1-3-6-11)22-17(12)19-10-18-16/h1-3,5-6,9-10,14H,4,7-8H2/t14-/m0/s1. The molecule has 2 aromatic heterocycles. The molecule has 110 valence electrons. The minimum absolute atomic E-state index is 0.0678. The predicted molar refractivity (Wildman–Crippen MR) is 91.4 cm³/mol. The third-order valence-electron chi connectivity index (χ3n) is 3.85. The third-order valence-corrected chi connectivity index (χ3v) is 6.28. The van der Waals surface area contributed by atoms with Crippen molar-refractivity contribution in [1.82, 2.24) is 9.97 Å². The normalized spacial score (nSPS) is 18.2.